The molecule has 0 saturated carbocycles. The molecule has 0 bridgehead atoms. The number of rotatable bonds is 8. The second-order valence-electron chi connectivity index (χ2n) is 5.02. The lowest BCUT2D eigenvalue weighted by Crippen LogP contribution is -2.24. The van der Waals surface area contributed by atoms with Gasteiger partial charge in [0, 0.05) is 19.6 Å². The highest BCUT2D eigenvalue weighted by atomic mass is 16.5. The van der Waals surface area contributed by atoms with Crippen molar-refractivity contribution >= 4 is 0 Å². The Bertz CT molecular complexity index is 310. The van der Waals surface area contributed by atoms with E-state index in [0.717, 1.165) is 25.9 Å². The third kappa shape index (κ3) is 4.43. The maximum atomic E-state index is 10.4. The van der Waals surface area contributed by atoms with Crippen molar-refractivity contribution in [2.45, 2.75) is 45.1 Å². The largest absolute Gasteiger partial charge is 0.392 e. The van der Waals surface area contributed by atoms with Crippen LogP contribution in [0.25, 0.3) is 0 Å². The molecule has 102 valence electrons. The summed E-state index contributed by atoms with van der Waals surface area (Å²) in [7, 11) is 1.70. The Morgan fingerprint density at radius 2 is 1.89 bits per heavy atom. The van der Waals surface area contributed by atoms with E-state index < -0.39 is 0 Å². The minimum atomic E-state index is -0.280. The Morgan fingerprint density at radius 1 is 1.22 bits per heavy atom. The van der Waals surface area contributed by atoms with Gasteiger partial charge in [-0.05, 0) is 24.3 Å². The number of methoxy groups -OCH3 is 1. The highest BCUT2D eigenvalue weighted by Gasteiger charge is 2.25. The molecule has 0 spiro atoms. The molecule has 1 rings (SSSR count). The van der Waals surface area contributed by atoms with Gasteiger partial charge in [0.2, 0.25) is 0 Å². The second kappa shape index (κ2) is 8.28. The van der Waals surface area contributed by atoms with Crippen LogP contribution in [-0.2, 0) is 4.74 Å². The summed E-state index contributed by atoms with van der Waals surface area (Å²) in [6, 6.07) is 10.4. The number of aliphatic hydroxyl groups excluding tert-OH is 1. The molecule has 18 heavy (non-hydrogen) atoms. The number of benzene rings is 1. The van der Waals surface area contributed by atoms with Crippen LogP contribution < -0.4 is 0 Å². The molecule has 0 heterocycles. The molecule has 3 atom stereocenters. The molecule has 2 heteroatoms. The molecule has 0 fully saturated rings. The van der Waals surface area contributed by atoms with E-state index in [0.29, 0.717) is 5.92 Å². The molecule has 3 unspecified atom stereocenters. The van der Waals surface area contributed by atoms with Crippen molar-refractivity contribution in [3.63, 3.8) is 0 Å². The van der Waals surface area contributed by atoms with Crippen LogP contribution in [0, 0.1) is 5.92 Å². The molecule has 1 N–H and O–H groups in total. The third-order valence-corrected chi connectivity index (χ3v) is 3.70. The maximum Gasteiger partial charge on any atom is 0.0612 e. The van der Waals surface area contributed by atoms with Gasteiger partial charge in [0.25, 0.3) is 0 Å². The van der Waals surface area contributed by atoms with Gasteiger partial charge in [0.1, 0.15) is 0 Å². The normalized spacial score (nSPS) is 16.2. The van der Waals surface area contributed by atoms with Crippen molar-refractivity contribution in [3.05, 3.63) is 35.9 Å². The van der Waals surface area contributed by atoms with E-state index in [2.05, 4.69) is 26.0 Å². The molecule has 2 nitrogen and oxygen atoms in total. The molecule has 1 aromatic rings. The smallest absolute Gasteiger partial charge is 0.0612 e. The monoisotopic (exact) mass is 250 g/mol. The van der Waals surface area contributed by atoms with Crippen LogP contribution in [0.3, 0.4) is 0 Å². The van der Waals surface area contributed by atoms with E-state index in [9.17, 15) is 5.11 Å². The molecule has 0 aliphatic rings. The molecule has 0 aromatic heterocycles. The van der Waals surface area contributed by atoms with E-state index in [4.69, 9.17) is 4.74 Å². The predicted octanol–water partition coefficient (Wildman–Crippen LogP) is 3.60. The summed E-state index contributed by atoms with van der Waals surface area (Å²) in [4.78, 5) is 0. The third-order valence-electron chi connectivity index (χ3n) is 3.70. The van der Waals surface area contributed by atoms with Gasteiger partial charge in [-0.15, -0.1) is 0 Å². The highest BCUT2D eigenvalue weighted by Crippen LogP contribution is 2.32. The number of ether oxygens (including phenoxy) is 1. The summed E-state index contributed by atoms with van der Waals surface area (Å²) in [5.41, 5.74) is 1.25. The summed E-state index contributed by atoms with van der Waals surface area (Å²) in [6.45, 7) is 5.12. The quantitative estimate of drug-likeness (QED) is 0.714. The Morgan fingerprint density at radius 3 is 2.44 bits per heavy atom. The summed E-state index contributed by atoms with van der Waals surface area (Å²) in [5, 5.41) is 10.4. The fourth-order valence-corrected chi connectivity index (χ4v) is 2.48. The fraction of sp³-hybridized carbons (Fsp3) is 0.625. The van der Waals surface area contributed by atoms with E-state index in [1.54, 1.807) is 7.11 Å². The first-order valence-electron chi connectivity index (χ1n) is 6.92. The van der Waals surface area contributed by atoms with Gasteiger partial charge in [0.05, 0.1) is 6.10 Å². The minimum Gasteiger partial charge on any atom is -0.392 e. The van der Waals surface area contributed by atoms with Crippen molar-refractivity contribution in [1.82, 2.24) is 0 Å². The first-order chi connectivity index (χ1) is 8.70. The lowest BCUT2D eigenvalue weighted by atomic mass is 9.80. The predicted molar refractivity (Wildman–Crippen MR) is 75.8 cm³/mol. The first-order valence-corrected chi connectivity index (χ1v) is 6.92. The molecule has 1 aromatic carbocycles. The van der Waals surface area contributed by atoms with Gasteiger partial charge < -0.3 is 9.84 Å². The van der Waals surface area contributed by atoms with Crippen LogP contribution in [0.2, 0.25) is 0 Å². The molecular formula is C16H26O2. The van der Waals surface area contributed by atoms with Crippen LogP contribution in [0.15, 0.2) is 30.3 Å². The Kier molecular flexibility index (Phi) is 6.99. The molecule has 0 aliphatic heterocycles. The molecular weight excluding hydrogens is 224 g/mol. The molecule has 0 amide bonds. The molecule has 0 radical (unpaired) electrons. The van der Waals surface area contributed by atoms with E-state index in [1.807, 2.05) is 18.2 Å². The fourth-order valence-electron chi connectivity index (χ4n) is 2.48. The van der Waals surface area contributed by atoms with Gasteiger partial charge in [-0.3, -0.25) is 0 Å². The van der Waals surface area contributed by atoms with Crippen LogP contribution in [0.1, 0.15) is 44.6 Å². The van der Waals surface area contributed by atoms with Crippen molar-refractivity contribution in [1.29, 1.82) is 0 Å². The molecule has 0 saturated heterocycles. The topological polar surface area (TPSA) is 29.5 Å². The minimum absolute atomic E-state index is 0.230. The van der Waals surface area contributed by atoms with Crippen molar-refractivity contribution in [3.8, 4) is 0 Å². The van der Waals surface area contributed by atoms with Gasteiger partial charge in [-0.2, -0.15) is 0 Å². The second-order valence-corrected chi connectivity index (χ2v) is 5.02. The zero-order chi connectivity index (χ0) is 13.4. The number of aliphatic hydroxyl groups is 1. The first kappa shape index (κ1) is 15.2. The zero-order valence-electron chi connectivity index (χ0n) is 11.8. The average molecular weight is 250 g/mol. The standard InChI is InChI=1S/C16H26O2/c1-4-13(2)16(14-9-6-5-7-10-14)15(17)11-8-12-18-3/h5-7,9-10,13,15-17H,4,8,11-12H2,1-3H3. The maximum absolute atomic E-state index is 10.4. The number of hydrogen-bond acceptors (Lipinski definition) is 2. The summed E-state index contributed by atoms with van der Waals surface area (Å²) in [6.07, 6.45) is 2.52. The van der Waals surface area contributed by atoms with Crippen LogP contribution >= 0.6 is 0 Å². The SMILES string of the molecule is CCC(C)C(c1ccccc1)C(O)CCCOC. The van der Waals surface area contributed by atoms with E-state index in [-0.39, 0.29) is 12.0 Å². The van der Waals surface area contributed by atoms with E-state index >= 15 is 0 Å². The van der Waals surface area contributed by atoms with Gasteiger partial charge in [0.15, 0.2) is 0 Å². The lowest BCUT2D eigenvalue weighted by molar-refractivity contribution is 0.0935. The van der Waals surface area contributed by atoms with Crippen LogP contribution in [0.5, 0.6) is 0 Å². The summed E-state index contributed by atoms with van der Waals surface area (Å²) >= 11 is 0. The summed E-state index contributed by atoms with van der Waals surface area (Å²) < 4.78 is 5.05. The molecule has 0 aliphatic carbocycles. The van der Waals surface area contributed by atoms with Gasteiger partial charge in [-0.1, -0.05) is 50.6 Å². The Hall–Kier alpha value is -0.860. The summed E-state index contributed by atoms with van der Waals surface area (Å²) in [5.74, 6) is 0.720. The average Bonchev–Trinajstić information content (AvgIpc) is 2.40. The lowest BCUT2D eigenvalue weighted by Gasteiger charge is -2.28. The van der Waals surface area contributed by atoms with Crippen molar-refractivity contribution < 1.29 is 9.84 Å². The zero-order valence-corrected chi connectivity index (χ0v) is 11.8. The van der Waals surface area contributed by atoms with E-state index in [1.165, 1.54) is 5.56 Å². The van der Waals surface area contributed by atoms with Crippen molar-refractivity contribution in [2.75, 3.05) is 13.7 Å². The number of hydrogen-bond donors (Lipinski definition) is 1. The van der Waals surface area contributed by atoms with Crippen molar-refractivity contribution in [2.24, 2.45) is 5.92 Å². The van der Waals surface area contributed by atoms with Crippen LogP contribution in [0.4, 0.5) is 0 Å². The Balaban J connectivity index is 2.72. The Labute approximate surface area is 111 Å². The van der Waals surface area contributed by atoms with Gasteiger partial charge in [-0.25, -0.2) is 0 Å². The highest BCUT2D eigenvalue weighted by molar-refractivity contribution is 5.21. The van der Waals surface area contributed by atoms with Crippen LogP contribution in [-0.4, -0.2) is 24.9 Å². The van der Waals surface area contributed by atoms with Gasteiger partial charge >= 0.3 is 0 Å².